The summed E-state index contributed by atoms with van der Waals surface area (Å²) < 4.78 is 0. The van der Waals surface area contributed by atoms with Gasteiger partial charge in [-0.3, -0.25) is 4.79 Å². The van der Waals surface area contributed by atoms with Crippen molar-refractivity contribution >= 4 is 33.8 Å². The summed E-state index contributed by atoms with van der Waals surface area (Å²) in [4.78, 5) is 22.2. The number of piperidine rings is 1. The molecule has 1 fully saturated rings. The molecule has 24 heavy (non-hydrogen) atoms. The van der Waals surface area contributed by atoms with Gasteiger partial charge in [0, 0.05) is 42.3 Å². The summed E-state index contributed by atoms with van der Waals surface area (Å²) in [5.41, 5.74) is 2.43. The number of fused-ring (bicyclic) bond motifs is 1. The first-order valence-electron chi connectivity index (χ1n) is 8.24. The maximum Gasteiger partial charge on any atom is 0.277 e. The molecule has 0 bridgehead atoms. The van der Waals surface area contributed by atoms with Gasteiger partial charge in [0.25, 0.3) is 5.91 Å². The second kappa shape index (κ2) is 6.37. The van der Waals surface area contributed by atoms with Crippen molar-refractivity contribution in [1.82, 2.24) is 15.3 Å². The predicted molar refractivity (Wildman–Crippen MR) is 98.0 cm³/mol. The molecule has 0 aliphatic carbocycles. The van der Waals surface area contributed by atoms with Crippen LogP contribution >= 0.6 is 11.3 Å². The molecule has 1 atom stereocenters. The molecule has 0 radical (unpaired) electrons. The van der Waals surface area contributed by atoms with Gasteiger partial charge < -0.3 is 15.2 Å². The second-order valence-electron chi connectivity index (χ2n) is 6.23. The Morgan fingerprint density at radius 1 is 1.38 bits per heavy atom. The van der Waals surface area contributed by atoms with E-state index in [2.05, 4.69) is 15.3 Å². The highest BCUT2D eigenvalue weighted by Gasteiger charge is 2.22. The van der Waals surface area contributed by atoms with E-state index in [0.29, 0.717) is 11.6 Å². The van der Waals surface area contributed by atoms with Crippen LogP contribution in [0.2, 0.25) is 0 Å². The molecule has 2 N–H and O–H groups in total. The highest BCUT2D eigenvalue weighted by Crippen LogP contribution is 2.27. The minimum atomic E-state index is -0.0628. The minimum Gasteiger partial charge on any atom is -0.361 e. The van der Waals surface area contributed by atoms with E-state index in [4.69, 9.17) is 0 Å². The SMILES string of the molecule is CN(C(=O)c1csc(C2CCCNC2)n1)c1ccc2cc[nH]c2c1. The highest BCUT2D eigenvalue weighted by atomic mass is 32.1. The average Bonchev–Trinajstić information content (AvgIpc) is 3.30. The Kier molecular flexibility index (Phi) is 4.08. The van der Waals surface area contributed by atoms with Gasteiger partial charge in [0.2, 0.25) is 0 Å². The fraction of sp³-hybridized carbons (Fsp3) is 0.333. The number of aromatic nitrogens is 2. The lowest BCUT2D eigenvalue weighted by Gasteiger charge is -2.20. The number of rotatable bonds is 3. The van der Waals surface area contributed by atoms with Crippen molar-refractivity contribution in [3.05, 3.63) is 46.5 Å². The van der Waals surface area contributed by atoms with E-state index in [0.717, 1.165) is 41.1 Å². The highest BCUT2D eigenvalue weighted by molar-refractivity contribution is 7.10. The number of thiazole rings is 1. The number of H-pyrrole nitrogens is 1. The molecule has 0 saturated carbocycles. The van der Waals surface area contributed by atoms with Gasteiger partial charge in [-0.2, -0.15) is 0 Å². The van der Waals surface area contributed by atoms with Crippen LogP contribution in [0.25, 0.3) is 10.9 Å². The predicted octanol–water partition coefficient (Wildman–Crippen LogP) is 3.37. The van der Waals surface area contributed by atoms with Crippen molar-refractivity contribution < 1.29 is 4.79 Å². The van der Waals surface area contributed by atoms with E-state index < -0.39 is 0 Å². The zero-order chi connectivity index (χ0) is 16.5. The molecule has 1 aliphatic heterocycles. The van der Waals surface area contributed by atoms with E-state index in [-0.39, 0.29) is 5.91 Å². The van der Waals surface area contributed by atoms with Crippen LogP contribution in [-0.2, 0) is 0 Å². The number of aromatic amines is 1. The summed E-state index contributed by atoms with van der Waals surface area (Å²) in [6, 6.07) is 7.99. The van der Waals surface area contributed by atoms with Gasteiger partial charge in [0.05, 0.1) is 5.01 Å². The monoisotopic (exact) mass is 340 g/mol. The van der Waals surface area contributed by atoms with Crippen LogP contribution in [0, 0.1) is 0 Å². The van der Waals surface area contributed by atoms with Crippen LogP contribution in [0.4, 0.5) is 5.69 Å². The molecule has 1 aliphatic rings. The number of benzene rings is 1. The zero-order valence-electron chi connectivity index (χ0n) is 13.6. The molecule has 1 unspecified atom stereocenters. The molecule has 6 heteroatoms. The van der Waals surface area contributed by atoms with Gasteiger partial charge >= 0.3 is 0 Å². The largest absolute Gasteiger partial charge is 0.361 e. The lowest BCUT2D eigenvalue weighted by Crippen LogP contribution is -2.29. The summed E-state index contributed by atoms with van der Waals surface area (Å²) in [6.45, 7) is 2.04. The fourth-order valence-electron chi connectivity index (χ4n) is 3.17. The van der Waals surface area contributed by atoms with E-state index in [1.165, 1.54) is 6.42 Å². The molecule has 3 heterocycles. The molecule has 4 rings (SSSR count). The van der Waals surface area contributed by atoms with Crippen molar-refractivity contribution in [2.24, 2.45) is 0 Å². The quantitative estimate of drug-likeness (QED) is 0.768. The number of anilines is 1. The van der Waals surface area contributed by atoms with Gasteiger partial charge in [-0.15, -0.1) is 11.3 Å². The molecule has 2 aromatic heterocycles. The lowest BCUT2D eigenvalue weighted by atomic mass is 10.0. The van der Waals surface area contributed by atoms with Crippen molar-refractivity contribution in [3.8, 4) is 0 Å². The smallest absolute Gasteiger partial charge is 0.277 e. The van der Waals surface area contributed by atoms with Crippen LogP contribution in [-0.4, -0.2) is 36.0 Å². The Bertz CT molecular complexity index is 863. The molecule has 1 amide bonds. The third kappa shape index (κ3) is 2.83. The first-order chi connectivity index (χ1) is 11.7. The maximum absolute atomic E-state index is 12.8. The number of hydrogen-bond donors (Lipinski definition) is 2. The van der Waals surface area contributed by atoms with Gasteiger partial charge in [0.1, 0.15) is 5.69 Å². The summed E-state index contributed by atoms with van der Waals surface area (Å²) in [5.74, 6) is 0.373. The Morgan fingerprint density at radius 3 is 3.12 bits per heavy atom. The number of carbonyl (C=O) groups is 1. The number of nitrogens with one attached hydrogen (secondary N) is 2. The standard InChI is InChI=1S/C18H20N4OS/c1-22(14-5-4-12-6-8-20-15(12)9-14)18(23)16-11-24-17(21-16)13-3-2-7-19-10-13/h4-6,8-9,11,13,19-20H,2-3,7,10H2,1H3. The van der Waals surface area contributed by atoms with Crippen molar-refractivity contribution in [2.75, 3.05) is 25.0 Å². The van der Waals surface area contributed by atoms with Crippen LogP contribution < -0.4 is 10.2 Å². The third-order valence-electron chi connectivity index (χ3n) is 4.62. The molecular weight excluding hydrogens is 320 g/mol. The van der Waals surface area contributed by atoms with Gasteiger partial charge in [-0.05, 0) is 43.0 Å². The minimum absolute atomic E-state index is 0.0628. The van der Waals surface area contributed by atoms with Crippen LogP contribution in [0.1, 0.15) is 34.3 Å². The zero-order valence-corrected chi connectivity index (χ0v) is 14.4. The van der Waals surface area contributed by atoms with Crippen molar-refractivity contribution in [2.45, 2.75) is 18.8 Å². The summed E-state index contributed by atoms with van der Waals surface area (Å²) in [5, 5.41) is 7.50. The average molecular weight is 340 g/mol. The van der Waals surface area contributed by atoms with Gasteiger partial charge in [-0.25, -0.2) is 4.98 Å². The molecule has 5 nitrogen and oxygen atoms in total. The maximum atomic E-state index is 12.8. The van der Waals surface area contributed by atoms with Crippen molar-refractivity contribution in [1.29, 1.82) is 0 Å². The van der Waals surface area contributed by atoms with E-state index >= 15 is 0 Å². The lowest BCUT2D eigenvalue weighted by molar-refractivity contribution is 0.0988. The van der Waals surface area contributed by atoms with Gasteiger partial charge in [0.15, 0.2) is 0 Å². The Balaban J connectivity index is 1.55. The van der Waals surface area contributed by atoms with Crippen LogP contribution in [0.5, 0.6) is 0 Å². The number of nitrogens with zero attached hydrogens (tertiary/aromatic N) is 2. The molecule has 1 saturated heterocycles. The Labute approximate surface area is 144 Å². The fourth-order valence-corrected chi connectivity index (χ4v) is 4.10. The first kappa shape index (κ1) is 15.4. The number of hydrogen-bond acceptors (Lipinski definition) is 4. The van der Waals surface area contributed by atoms with E-state index in [1.807, 2.05) is 35.8 Å². The summed E-state index contributed by atoms with van der Waals surface area (Å²) >= 11 is 1.60. The summed E-state index contributed by atoms with van der Waals surface area (Å²) in [7, 11) is 1.80. The van der Waals surface area contributed by atoms with Crippen LogP contribution in [0.15, 0.2) is 35.8 Å². The normalized spacial score (nSPS) is 18.0. The second-order valence-corrected chi connectivity index (χ2v) is 7.12. The van der Waals surface area contributed by atoms with Crippen LogP contribution in [0.3, 0.4) is 0 Å². The Hall–Kier alpha value is -2.18. The van der Waals surface area contributed by atoms with Gasteiger partial charge in [-0.1, -0.05) is 6.07 Å². The molecular formula is C18H20N4OS. The number of amides is 1. The summed E-state index contributed by atoms with van der Waals surface area (Å²) in [6.07, 6.45) is 4.22. The van der Waals surface area contributed by atoms with Crippen molar-refractivity contribution in [3.63, 3.8) is 0 Å². The van der Waals surface area contributed by atoms with E-state index in [9.17, 15) is 4.79 Å². The molecule has 0 spiro atoms. The number of carbonyl (C=O) groups excluding carboxylic acids is 1. The molecule has 3 aromatic rings. The first-order valence-corrected chi connectivity index (χ1v) is 9.11. The van der Waals surface area contributed by atoms with E-state index in [1.54, 1.807) is 23.3 Å². The topological polar surface area (TPSA) is 61.0 Å². The molecule has 1 aromatic carbocycles. The Morgan fingerprint density at radius 2 is 2.29 bits per heavy atom. The third-order valence-corrected chi connectivity index (χ3v) is 5.62. The molecule has 124 valence electrons.